The van der Waals surface area contributed by atoms with E-state index in [0.717, 1.165) is 0 Å². The zero-order chi connectivity index (χ0) is 14.6. The number of hydrogen-bond acceptors (Lipinski definition) is 3. The number of carbonyl (C=O) groups is 1. The molecule has 0 saturated carbocycles. The first-order chi connectivity index (χ1) is 8.73. The van der Waals surface area contributed by atoms with E-state index in [2.05, 4.69) is 0 Å². The van der Waals surface area contributed by atoms with Crippen LogP contribution in [-0.2, 0) is 9.53 Å². The minimum absolute atomic E-state index is 0.00136. The van der Waals surface area contributed by atoms with Gasteiger partial charge in [-0.25, -0.2) is 4.79 Å². The average molecular weight is 302 g/mol. The van der Waals surface area contributed by atoms with Crippen LogP contribution in [0.25, 0.3) is 0 Å². The zero-order valence-corrected chi connectivity index (χ0v) is 12.7. The molecule has 0 radical (unpaired) electrons. The van der Waals surface area contributed by atoms with E-state index in [4.69, 9.17) is 33.2 Å². The molecule has 104 valence electrons. The Morgan fingerprint density at radius 2 is 2.05 bits per heavy atom. The van der Waals surface area contributed by atoms with Crippen LogP contribution in [-0.4, -0.2) is 22.3 Å². The Morgan fingerprint density at radius 1 is 1.42 bits per heavy atom. The highest BCUT2D eigenvalue weighted by atomic mass is 35.5. The predicted molar refractivity (Wildman–Crippen MR) is 76.1 cm³/mol. The van der Waals surface area contributed by atoms with Crippen LogP contribution in [0, 0.1) is 17.2 Å². The van der Waals surface area contributed by atoms with Gasteiger partial charge in [-0.1, -0.05) is 18.2 Å². The van der Waals surface area contributed by atoms with Crippen molar-refractivity contribution in [2.75, 3.05) is 0 Å². The summed E-state index contributed by atoms with van der Waals surface area (Å²) in [5.74, 6) is -0.679. The summed E-state index contributed by atoms with van der Waals surface area (Å²) >= 11 is 12.0. The van der Waals surface area contributed by atoms with Gasteiger partial charge >= 0.3 is 5.97 Å². The van der Waals surface area contributed by atoms with Crippen LogP contribution in [0.1, 0.15) is 27.2 Å². The van der Waals surface area contributed by atoms with E-state index in [1.807, 2.05) is 12.1 Å². The van der Waals surface area contributed by atoms with Crippen molar-refractivity contribution in [1.82, 2.24) is 0 Å². The molecule has 0 spiro atoms. The minimum atomic E-state index is -0.619. The summed E-state index contributed by atoms with van der Waals surface area (Å²) in [6.45, 7) is 5.27. The first-order valence-corrected chi connectivity index (χ1v) is 6.92. The first kappa shape index (κ1) is 16.1. The van der Waals surface area contributed by atoms with Crippen LogP contribution in [0.5, 0.6) is 0 Å². The highest BCUT2D eigenvalue weighted by Crippen LogP contribution is 2.28. The highest BCUT2D eigenvalue weighted by Gasteiger charge is 2.25. The van der Waals surface area contributed by atoms with Gasteiger partial charge in [0.2, 0.25) is 0 Å². The van der Waals surface area contributed by atoms with Crippen molar-refractivity contribution in [2.24, 2.45) is 5.92 Å². The molecule has 0 bridgehead atoms. The highest BCUT2D eigenvalue weighted by molar-refractivity contribution is 6.31. The van der Waals surface area contributed by atoms with Crippen molar-refractivity contribution < 1.29 is 9.53 Å². The van der Waals surface area contributed by atoms with Crippen LogP contribution in [0.4, 0.5) is 0 Å². The third-order valence-corrected chi connectivity index (χ3v) is 3.53. The molecule has 3 unspecified atom stereocenters. The van der Waals surface area contributed by atoms with Crippen molar-refractivity contribution in [3.63, 3.8) is 0 Å². The largest absolute Gasteiger partial charge is 0.456 e. The molecular formula is C14H17Cl2NO2. The molecule has 3 nitrogen and oxygen atoms in total. The molecule has 19 heavy (non-hydrogen) atoms. The van der Waals surface area contributed by atoms with Gasteiger partial charge in [-0.15, -0.1) is 23.2 Å². The Labute approximate surface area is 123 Å². The lowest BCUT2D eigenvalue weighted by molar-refractivity contribution is -0.149. The summed E-state index contributed by atoms with van der Waals surface area (Å²) in [4.78, 5) is 11.8. The second-order valence-corrected chi connectivity index (χ2v) is 6.50. The van der Waals surface area contributed by atoms with Crippen LogP contribution < -0.4 is 0 Å². The fraction of sp³-hybridized carbons (Fsp3) is 0.571. The normalized spacial score (nSPS) is 27.8. The van der Waals surface area contributed by atoms with Crippen LogP contribution >= 0.6 is 23.2 Å². The van der Waals surface area contributed by atoms with E-state index in [0.29, 0.717) is 6.42 Å². The van der Waals surface area contributed by atoms with Gasteiger partial charge in [0.1, 0.15) is 17.2 Å². The maximum absolute atomic E-state index is 11.8. The molecule has 0 fully saturated rings. The molecule has 5 heteroatoms. The van der Waals surface area contributed by atoms with Gasteiger partial charge in [0.15, 0.2) is 0 Å². The van der Waals surface area contributed by atoms with Crippen LogP contribution in [0.2, 0.25) is 0 Å². The summed E-state index contributed by atoms with van der Waals surface area (Å²) in [6, 6.07) is 1.87. The van der Waals surface area contributed by atoms with Crippen LogP contribution in [0.15, 0.2) is 23.8 Å². The van der Waals surface area contributed by atoms with Gasteiger partial charge in [0, 0.05) is 0 Å². The Balaban J connectivity index is 2.81. The molecule has 1 rings (SSSR count). The fourth-order valence-electron chi connectivity index (χ4n) is 1.66. The molecule has 0 aromatic rings. The SMILES string of the molecule is CC(C)(C)OC(=O)/C(C#N)=C/C1C=CC(Cl)C(Cl)C1. The van der Waals surface area contributed by atoms with Crippen molar-refractivity contribution in [1.29, 1.82) is 5.26 Å². The summed E-state index contributed by atoms with van der Waals surface area (Å²) < 4.78 is 5.17. The van der Waals surface area contributed by atoms with Crippen molar-refractivity contribution in [3.05, 3.63) is 23.8 Å². The van der Waals surface area contributed by atoms with Gasteiger partial charge in [-0.3, -0.25) is 0 Å². The molecule has 0 aromatic carbocycles. The van der Waals surface area contributed by atoms with Gasteiger partial charge in [-0.2, -0.15) is 5.26 Å². The van der Waals surface area contributed by atoms with E-state index in [-0.39, 0.29) is 22.2 Å². The van der Waals surface area contributed by atoms with Gasteiger partial charge in [-0.05, 0) is 33.1 Å². The number of carbonyl (C=O) groups excluding carboxylic acids is 1. The molecule has 0 heterocycles. The van der Waals surface area contributed by atoms with Gasteiger partial charge in [0.25, 0.3) is 0 Å². The molecule has 0 amide bonds. The topological polar surface area (TPSA) is 50.1 Å². The van der Waals surface area contributed by atoms with Crippen molar-refractivity contribution in [3.8, 4) is 6.07 Å². The monoisotopic (exact) mass is 301 g/mol. The van der Waals surface area contributed by atoms with Crippen LogP contribution in [0.3, 0.4) is 0 Å². The number of nitrogens with zero attached hydrogens (tertiary/aromatic N) is 1. The van der Waals surface area contributed by atoms with E-state index >= 15 is 0 Å². The third-order valence-electron chi connectivity index (χ3n) is 2.51. The number of ether oxygens (including phenoxy) is 1. The van der Waals surface area contributed by atoms with E-state index < -0.39 is 11.6 Å². The maximum Gasteiger partial charge on any atom is 0.349 e. The minimum Gasteiger partial charge on any atom is -0.456 e. The fourth-order valence-corrected chi connectivity index (χ4v) is 2.14. The van der Waals surface area contributed by atoms with Gasteiger partial charge in [0.05, 0.1) is 10.8 Å². The summed E-state index contributed by atoms with van der Waals surface area (Å²) in [7, 11) is 0. The lowest BCUT2D eigenvalue weighted by Gasteiger charge is -2.22. The molecule has 0 saturated heterocycles. The maximum atomic E-state index is 11.8. The number of allylic oxidation sites excluding steroid dienone is 3. The molecule has 3 atom stereocenters. The van der Waals surface area contributed by atoms with Crippen molar-refractivity contribution in [2.45, 2.75) is 43.5 Å². The second-order valence-electron chi connectivity index (χ2n) is 5.44. The number of nitriles is 1. The average Bonchev–Trinajstić information content (AvgIpc) is 2.28. The summed E-state index contributed by atoms with van der Waals surface area (Å²) in [5.41, 5.74) is -0.618. The Bertz CT molecular complexity index is 443. The molecule has 0 aliphatic heterocycles. The van der Waals surface area contributed by atoms with Crippen molar-refractivity contribution >= 4 is 29.2 Å². The molecule has 0 aromatic heterocycles. The summed E-state index contributed by atoms with van der Waals surface area (Å²) in [5, 5.41) is 8.63. The van der Waals surface area contributed by atoms with E-state index in [9.17, 15) is 4.79 Å². The number of alkyl halides is 2. The summed E-state index contributed by atoms with van der Waals surface area (Å²) in [6.07, 6.45) is 5.83. The van der Waals surface area contributed by atoms with E-state index in [1.54, 1.807) is 32.9 Å². The first-order valence-electron chi connectivity index (χ1n) is 6.04. The molecule has 1 aliphatic carbocycles. The number of hydrogen-bond donors (Lipinski definition) is 0. The molecule has 1 aliphatic rings. The predicted octanol–water partition coefficient (Wildman–Crippen LogP) is 3.57. The quantitative estimate of drug-likeness (QED) is 0.258. The number of halogens is 2. The number of rotatable bonds is 2. The standard InChI is InChI=1S/C14H17Cl2NO2/c1-14(2,3)19-13(18)10(8-17)6-9-4-5-11(15)12(16)7-9/h4-6,9,11-12H,7H2,1-3H3/b10-6+. The smallest absolute Gasteiger partial charge is 0.349 e. The third kappa shape index (κ3) is 5.26. The lowest BCUT2D eigenvalue weighted by Crippen LogP contribution is -2.25. The Hall–Kier alpha value is -0.980. The molecule has 0 N–H and O–H groups in total. The Kier molecular flexibility index (Phi) is 5.46. The molecular weight excluding hydrogens is 285 g/mol. The van der Waals surface area contributed by atoms with Gasteiger partial charge < -0.3 is 4.74 Å². The van der Waals surface area contributed by atoms with E-state index in [1.165, 1.54) is 0 Å². The number of esters is 1. The Morgan fingerprint density at radius 3 is 2.53 bits per heavy atom. The lowest BCUT2D eigenvalue weighted by atomic mass is 9.93. The second kappa shape index (κ2) is 6.45. The zero-order valence-electron chi connectivity index (χ0n) is 11.2.